The number of esters is 1. The van der Waals surface area contributed by atoms with Gasteiger partial charge in [-0.2, -0.15) is 8.78 Å². The van der Waals surface area contributed by atoms with Crippen molar-refractivity contribution >= 4 is 33.9 Å². The fourth-order valence-electron chi connectivity index (χ4n) is 2.27. The normalized spacial score (nSPS) is 15.2. The van der Waals surface area contributed by atoms with E-state index in [1.54, 1.807) is 6.08 Å². The predicted octanol–water partition coefficient (Wildman–Crippen LogP) is 4.40. The van der Waals surface area contributed by atoms with Crippen LogP contribution in [0.15, 0.2) is 57.6 Å². The maximum Gasteiger partial charge on any atom is 0.387 e. The number of aliphatic imine (C=N–C) groups is 1. The molecule has 2 aromatic carbocycles. The first kappa shape index (κ1) is 18.1. The Labute approximate surface area is 156 Å². The van der Waals surface area contributed by atoms with E-state index in [4.69, 9.17) is 9.47 Å². The summed E-state index contributed by atoms with van der Waals surface area (Å²) in [6, 6.07) is 11.5. The van der Waals surface area contributed by atoms with E-state index in [9.17, 15) is 13.6 Å². The van der Waals surface area contributed by atoms with Gasteiger partial charge in [-0.05, 0) is 35.9 Å². The summed E-state index contributed by atoms with van der Waals surface area (Å²) in [5.74, 6) is -0.609. The molecule has 0 bridgehead atoms. The number of ether oxygens (including phenoxy) is 3. The van der Waals surface area contributed by atoms with Crippen LogP contribution in [0.4, 0.5) is 8.78 Å². The van der Waals surface area contributed by atoms with Crippen LogP contribution in [0.25, 0.3) is 6.08 Å². The smallest absolute Gasteiger partial charge is 0.387 e. The first-order valence-electron chi connectivity index (χ1n) is 7.38. The van der Waals surface area contributed by atoms with Crippen molar-refractivity contribution in [3.63, 3.8) is 0 Å². The molecule has 26 heavy (non-hydrogen) atoms. The van der Waals surface area contributed by atoms with Crippen molar-refractivity contribution in [1.82, 2.24) is 0 Å². The Morgan fingerprint density at radius 3 is 2.65 bits per heavy atom. The van der Waals surface area contributed by atoms with Crippen LogP contribution in [0.5, 0.6) is 11.5 Å². The third kappa shape index (κ3) is 3.91. The zero-order valence-electron chi connectivity index (χ0n) is 13.4. The second-order valence-corrected chi connectivity index (χ2v) is 5.96. The van der Waals surface area contributed by atoms with E-state index < -0.39 is 12.6 Å². The van der Waals surface area contributed by atoms with Gasteiger partial charge >= 0.3 is 12.6 Å². The first-order chi connectivity index (χ1) is 12.5. The second-order valence-electron chi connectivity index (χ2n) is 5.10. The molecule has 0 aromatic heterocycles. The highest BCUT2D eigenvalue weighted by atomic mass is 79.9. The number of benzene rings is 2. The number of methoxy groups -OCH3 is 1. The minimum atomic E-state index is -2.98. The van der Waals surface area contributed by atoms with Crippen LogP contribution in [-0.4, -0.2) is 25.6 Å². The minimum Gasteiger partial charge on any atom is -0.493 e. The average molecular weight is 424 g/mol. The summed E-state index contributed by atoms with van der Waals surface area (Å²) in [6.07, 6.45) is 1.59. The lowest BCUT2D eigenvalue weighted by Gasteiger charge is -2.10. The molecular formula is C18H12BrF2NO4. The molecule has 0 radical (unpaired) electrons. The molecule has 0 saturated heterocycles. The third-order valence-corrected chi connectivity index (χ3v) is 4.17. The molecule has 1 aliphatic rings. The SMILES string of the molecule is COc1cc(C2=N/C(=C/c3ccccc3Br)C(=O)O2)ccc1OC(F)F. The number of cyclic esters (lactones) is 1. The fourth-order valence-corrected chi connectivity index (χ4v) is 2.67. The van der Waals surface area contributed by atoms with Gasteiger partial charge in [-0.25, -0.2) is 9.79 Å². The number of halogens is 3. The lowest BCUT2D eigenvalue weighted by atomic mass is 10.2. The largest absolute Gasteiger partial charge is 0.493 e. The van der Waals surface area contributed by atoms with E-state index in [1.165, 1.54) is 25.3 Å². The van der Waals surface area contributed by atoms with Gasteiger partial charge in [0, 0.05) is 10.0 Å². The van der Waals surface area contributed by atoms with Gasteiger partial charge in [0.15, 0.2) is 17.2 Å². The lowest BCUT2D eigenvalue weighted by Crippen LogP contribution is -2.07. The highest BCUT2D eigenvalue weighted by Gasteiger charge is 2.25. The van der Waals surface area contributed by atoms with Crippen molar-refractivity contribution in [2.24, 2.45) is 4.99 Å². The van der Waals surface area contributed by atoms with E-state index in [0.29, 0.717) is 5.56 Å². The first-order valence-corrected chi connectivity index (χ1v) is 8.17. The van der Waals surface area contributed by atoms with Crippen LogP contribution in [-0.2, 0) is 9.53 Å². The highest BCUT2D eigenvalue weighted by molar-refractivity contribution is 9.10. The van der Waals surface area contributed by atoms with Crippen molar-refractivity contribution in [1.29, 1.82) is 0 Å². The van der Waals surface area contributed by atoms with Crippen LogP contribution in [0.3, 0.4) is 0 Å². The van der Waals surface area contributed by atoms with E-state index in [1.807, 2.05) is 24.3 Å². The Morgan fingerprint density at radius 2 is 1.96 bits per heavy atom. The van der Waals surface area contributed by atoms with Crippen molar-refractivity contribution in [3.05, 3.63) is 63.8 Å². The van der Waals surface area contributed by atoms with Crippen LogP contribution in [0, 0.1) is 0 Å². The van der Waals surface area contributed by atoms with Crippen LogP contribution in [0.1, 0.15) is 11.1 Å². The summed E-state index contributed by atoms with van der Waals surface area (Å²) < 4.78 is 40.2. The molecule has 0 aliphatic carbocycles. The van der Waals surface area contributed by atoms with E-state index >= 15 is 0 Å². The van der Waals surface area contributed by atoms with Gasteiger partial charge in [0.2, 0.25) is 5.90 Å². The number of rotatable bonds is 5. The maximum absolute atomic E-state index is 12.4. The van der Waals surface area contributed by atoms with Gasteiger partial charge < -0.3 is 14.2 Å². The summed E-state index contributed by atoms with van der Waals surface area (Å²) >= 11 is 3.39. The van der Waals surface area contributed by atoms with Crippen molar-refractivity contribution in [2.75, 3.05) is 7.11 Å². The number of hydrogen-bond donors (Lipinski definition) is 0. The summed E-state index contributed by atoms with van der Waals surface area (Å²) in [7, 11) is 1.32. The summed E-state index contributed by atoms with van der Waals surface area (Å²) in [5, 5.41) is 0. The molecule has 134 valence electrons. The molecule has 0 spiro atoms. The van der Waals surface area contributed by atoms with Crippen LogP contribution < -0.4 is 9.47 Å². The van der Waals surface area contributed by atoms with Gasteiger partial charge in [-0.3, -0.25) is 0 Å². The lowest BCUT2D eigenvalue weighted by molar-refractivity contribution is -0.129. The maximum atomic E-state index is 12.4. The number of carbonyl (C=O) groups is 1. The highest BCUT2D eigenvalue weighted by Crippen LogP contribution is 2.31. The number of alkyl halides is 2. The molecule has 1 heterocycles. The number of carbonyl (C=O) groups excluding carboxylic acids is 1. The molecular weight excluding hydrogens is 412 g/mol. The van der Waals surface area contributed by atoms with Crippen LogP contribution >= 0.6 is 15.9 Å². The van der Waals surface area contributed by atoms with E-state index in [-0.39, 0.29) is 23.1 Å². The molecule has 3 rings (SSSR count). The predicted molar refractivity (Wildman–Crippen MR) is 94.4 cm³/mol. The zero-order chi connectivity index (χ0) is 18.7. The molecule has 0 unspecified atom stereocenters. The Morgan fingerprint density at radius 1 is 1.19 bits per heavy atom. The molecule has 8 heteroatoms. The Kier molecular flexibility index (Phi) is 5.32. The number of hydrogen-bond acceptors (Lipinski definition) is 5. The zero-order valence-corrected chi connectivity index (χ0v) is 15.0. The summed E-state index contributed by atoms with van der Waals surface area (Å²) in [5.41, 5.74) is 1.29. The van der Waals surface area contributed by atoms with Gasteiger partial charge in [0.05, 0.1) is 7.11 Å². The Hall–Kier alpha value is -2.74. The van der Waals surface area contributed by atoms with Crippen molar-refractivity contribution < 1.29 is 27.8 Å². The Bertz CT molecular complexity index is 912. The van der Waals surface area contributed by atoms with E-state index in [2.05, 4.69) is 25.7 Å². The Balaban J connectivity index is 1.93. The monoisotopic (exact) mass is 423 g/mol. The molecule has 1 aliphatic heterocycles. The third-order valence-electron chi connectivity index (χ3n) is 3.44. The van der Waals surface area contributed by atoms with Crippen molar-refractivity contribution in [3.8, 4) is 11.5 Å². The summed E-state index contributed by atoms with van der Waals surface area (Å²) in [6.45, 7) is -2.98. The van der Waals surface area contributed by atoms with E-state index in [0.717, 1.165) is 10.0 Å². The molecule has 0 atom stereocenters. The molecule has 5 nitrogen and oxygen atoms in total. The molecule has 0 N–H and O–H groups in total. The molecule has 0 amide bonds. The second kappa shape index (κ2) is 7.65. The topological polar surface area (TPSA) is 57.1 Å². The van der Waals surface area contributed by atoms with Crippen molar-refractivity contribution in [2.45, 2.75) is 6.61 Å². The standard InChI is InChI=1S/C18H12BrF2NO4/c1-24-15-9-11(6-7-14(15)25-18(20)21)16-22-13(17(23)26-16)8-10-4-2-3-5-12(10)19/h2-9,18H,1H3/b13-8+. The van der Waals surface area contributed by atoms with Gasteiger partial charge in [0.1, 0.15) is 0 Å². The quantitative estimate of drug-likeness (QED) is 0.528. The molecule has 2 aromatic rings. The minimum absolute atomic E-state index is 0.0511. The van der Waals surface area contributed by atoms with Gasteiger partial charge in [0.25, 0.3) is 0 Å². The number of nitrogens with zero attached hydrogens (tertiary/aromatic N) is 1. The van der Waals surface area contributed by atoms with Crippen LogP contribution in [0.2, 0.25) is 0 Å². The fraction of sp³-hybridized carbons (Fsp3) is 0.111. The average Bonchev–Trinajstić information content (AvgIpc) is 2.97. The van der Waals surface area contributed by atoms with Gasteiger partial charge in [-0.1, -0.05) is 34.1 Å². The molecule has 0 fully saturated rings. The molecule has 0 saturated carbocycles. The summed E-state index contributed by atoms with van der Waals surface area (Å²) in [4.78, 5) is 16.2. The van der Waals surface area contributed by atoms with Gasteiger partial charge in [-0.15, -0.1) is 0 Å².